The molecule has 0 radical (unpaired) electrons. The minimum Gasteiger partial charge on any atom is -0.478 e. The van der Waals surface area contributed by atoms with Gasteiger partial charge >= 0.3 is 23.9 Å². The highest BCUT2D eigenvalue weighted by Crippen LogP contribution is 2.69. The molecule has 4 aliphatic rings. The molecule has 0 bridgehead atoms. The maximum Gasteiger partial charge on any atom is 0.339 e. The van der Waals surface area contributed by atoms with E-state index in [0.717, 1.165) is 48.3 Å². The summed E-state index contributed by atoms with van der Waals surface area (Å²) < 4.78 is 10.9. The number of carbonyl (C=O) groups excluding carboxylic acids is 2. The fraction of sp³-hybridized carbons (Fsp3) is 0.660. The Morgan fingerprint density at radius 3 is 1.84 bits per heavy atom. The van der Waals surface area contributed by atoms with Crippen molar-refractivity contribution in [3.8, 4) is 11.5 Å². The zero-order chi connectivity index (χ0) is 45.8. The number of carbonyl (C=O) groups is 4. The second-order valence-electron chi connectivity index (χ2n) is 20.8. The minimum atomic E-state index is -1.33. The van der Waals surface area contributed by atoms with Crippen molar-refractivity contribution in [3.63, 3.8) is 0 Å². The Bertz CT molecular complexity index is 1950. The topological polar surface area (TPSA) is 127 Å². The van der Waals surface area contributed by atoms with E-state index >= 15 is 0 Å². The number of allylic oxidation sites excluding steroid dienone is 1. The number of halogens is 2. The molecule has 4 fully saturated rings. The average molecular weight is 908 g/mol. The van der Waals surface area contributed by atoms with Crippen molar-refractivity contribution in [2.24, 2.45) is 58.2 Å². The first-order valence-corrected chi connectivity index (χ1v) is 24.9. The lowest BCUT2D eigenvalue weighted by Gasteiger charge is -2.61. The summed E-state index contributed by atoms with van der Waals surface area (Å²) in [4.78, 5) is 50.2. The van der Waals surface area contributed by atoms with Gasteiger partial charge in [-0.15, -0.1) is 0 Å². The normalized spacial score (nSPS) is 28.0. The predicted molar refractivity (Wildman–Crippen MR) is 251 cm³/mol. The fourth-order valence-electron chi connectivity index (χ4n) is 13.3. The molecule has 4 aliphatic carbocycles. The van der Waals surface area contributed by atoms with E-state index in [2.05, 4.69) is 34.6 Å². The van der Waals surface area contributed by atoms with Crippen LogP contribution in [0.25, 0.3) is 5.57 Å². The molecule has 0 saturated heterocycles. The first kappa shape index (κ1) is 49.1. The Kier molecular flexibility index (Phi) is 16.3. The molecule has 9 atom stereocenters. The van der Waals surface area contributed by atoms with Crippen LogP contribution in [0.3, 0.4) is 0 Å². The maximum atomic E-state index is 12.6. The van der Waals surface area contributed by atoms with Gasteiger partial charge in [-0.1, -0.05) is 97.0 Å². The zero-order valence-corrected chi connectivity index (χ0v) is 40.3. The number of carboxylic acid groups (broad SMARTS) is 2. The molecule has 2 unspecified atom stereocenters. The number of ether oxygens (including phenoxy) is 2. The van der Waals surface area contributed by atoms with Gasteiger partial charge < -0.3 is 19.7 Å². The minimum absolute atomic E-state index is 0.0654. The van der Waals surface area contributed by atoms with Crippen LogP contribution in [0.1, 0.15) is 196 Å². The lowest BCUT2D eigenvalue weighted by atomic mass is 9.44. The van der Waals surface area contributed by atoms with Crippen molar-refractivity contribution in [2.45, 2.75) is 164 Å². The standard InChI is InChI=1S/C53H72Cl2O8/c1-8-12-46(56)62-48-39(50(58)59)27-34(29-44(48)54)37(35-28-40(51(60)61)49(45(55)30-35)63-47(57)13-9-2)17-11-16-33-22-24-52(6)36(26-33)18-19-38-42-21-20-41(32(5)15-10-14-31(3)4)53(42,7)25-23-43(38)52/h17,27-33,36,38,41-43H,8-16,18-26H2,1-7H3,(H,58,59)(H,60,61)/t32-,33?,36?,38+,41-,42+,43+,52+,53-/m1/s1. The van der Waals surface area contributed by atoms with E-state index in [-0.39, 0.29) is 45.5 Å². The van der Waals surface area contributed by atoms with Crippen LogP contribution in [0.5, 0.6) is 11.5 Å². The second-order valence-corrected chi connectivity index (χ2v) is 21.6. The number of fused-ring (bicyclic) bond motifs is 5. The van der Waals surface area contributed by atoms with E-state index in [1.54, 1.807) is 0 Å². The summed E-state index contributed by atoms with van der Waals surface area (Å²) in [6.45, 7) is 16.2. The molecule has 2 N–H and O–H groups in total. The zero-order valence-electron chi connectivity index (χ0n) is 38.8. The molecular weight excluding hydrogens is 835 g/mol. The molecule has 2 aromatic carbocycles. The average Bonchev–Trinajstić information content (AvgIpc) is 3.58. The summed E-state index contributed by atoms with van der Waals surface area (Å²) >= 11 is 13.4. The predicted octanol–water partition coefficient (Wildman–Crippen LogP) is 14.8. The molecule has 0 heterocycles. The van der Waals surface area contributed by atoms with Crippen LogP contribution in [-0.2, 0) is 9.59 Å². The molecule has 346 valence electrons. The van der Waals surface area contributed by atoms with E-state index < -0.39 is 23.9 Å². The third-order valence-electron chi connectivity index (χ3n) is 16.4. The third kappa shape index (κ3) is 10.7. The SMILES string of the molecule is CCCC(=O)Oc1c(Cl)cc(C(=CCCC2CC[C@@]3(C)C(CC[C@H]4[C@@H]5CC[C@H]([C@H](C)CCCC(C)C)[C@@]5(C)CC[C@@H]43)C2)c2cc(Cl)c(OC(=O)CCC)c(C(=O)O)c2)cc1C(=O)O. The molecule has 2 aromatic rings. The number of hydrogen-bond acceptors (Lipinski definition) is 6. The molecule has 6 rings (SSSR count). The Hall–Kier alpha value is -3.36. The summed E-state index contributed by atoms with van der Waals surface area (Å²) in [7, 11) is 0. The summed E-state index contributed by atoms with van der Waals surface area (Å²) in [5.41, 5.74) is 1.57. The van der Waals surface area contributed by atoms with Gasteiger partial charge in [0, 0.05) is 12.8 Å². The molecule has 0 aromatic heterocycles. The number of rotatable bonds is 18. The first-order valence-electron chi connectivity index (χ1n) is 24.2. The number of hydrogen-bond donors (Lipinski definition) is 2. The van der Waals surface area contributed by atoms with Gasteiger partial charge in [0.25, 0.3) is 0 Å². The van der Waals surface area contributed by atoms with Crippen LogP contribution >= 0.6 is 23.2 Å². The highest BCUT2D eigenvalue weighted by molar-refractivity contribution is 6.33. The Labute approximate surface area is 386 Å². The molecule has 8 nitrogen and oxygen atoms in total. The summed E-state index contributed by atoms with van der Waals surface area (Å²) in [5.74, 6) is 1.81. The molecule has 0 amide bonds. The summed E-state index contributed by atoms with van der Waals surface area (Å²) in [5, 5.41) is 20.4. The summed E-state index contributed by atoms with van der Waals surface area (Å²) in [6, 6.07) is 5.88. The first-order chi connectivity index (χ1) is 29.9. The molecule has 0 aliphatic heterocycles. The van der Waals surface area contributed by atoms with E-state index in [0.29, 0.717) is 58.6 Å². The number of aromatic carboxylic acids is 2. The van der Waals surface area contributed by atoms with Crippen molar-refractivity contribution in [1.82, 2.24) is 0 Å². The van der Waals surface area contributed by atoms with Gasteiger partial charge in [-0.3, -0.25) is 9.59 Å². The van der Waals surface area contributed by atoms with Gasteiger partial charge in [0.2, 0.25) is 0 Å². The van der Waals surface area contributed by atoms with Crippen molar-refractivity contribution in [1.29, 1.82) is 0 Å². The lowest BCUT2D eigenvalue weighted by molar-refractivity contribution is -0.135. The van der Waals surface area contributed by atoms with E-state index in [1.165, 1.54) is 94.9 Å². The number of benzene rings is 2. The smallest absolute Gasteiger partial charge is 0.339 e. The van der Waals surface area contributed by atoms with Crippen LogP contribution in [0.15, 0.2) is 30.3 Å². The molecule has 0 spiro atoms. The fourth-order valence-corrected chi connectivity index (χ4v) is 13.8. The molecule has 4 saturated carbocycles. The van der Waals surface area contributed by atoms with Crippen molar-refractivity contribution < 1.29 is 38.9 Å². The second kappa shape index (κ2) is 20.9. The maximum absolute atomic E-state index is 12.6. The van der Waals surface area contributed by atoms with Crippen molar-refractivity contribution in [2.75, 3.05) is 0 Å². The van der Waals surface area contributed by atoms with E-state index in [4.69, 9.17) is 32.7 Å². The largest absolute Gasteiger partial charge is 0.478 e. The van der Waals surface area contributed by atoms with Crippen LogP contribution in [-0.4, -0.2) is 34.1 Å². The van der Waals surface area contributed by atoms with E-state index in [9.17, 15) is 29.4 Å². The van der Waals surface area contributed by atoms with Gasteiger partial charge in [-0.05, 0) is 183 Å². The van der Waals surface area contributed by atoms with Gasteiger partial charge in [0.05, 0.1) is 10.0 Å². The lowest BCUT2D eigenvalue weighted by Crippen LogP contribution is -2.53. The van der Waals surface area contributed by atoms with Gasteiger partial charge in [0.1, 0.15) is 11.1 Å². The van der Waals surface area contributed by atoms with Gasteiger partial charge in [-0.25, -0.2) is 9.59 Å². The molecule has 63 heavy (non-hydrogen) atoms. The Morgan fingerprint density at radius 1 is 0.746 bits per heavy atom. The van der Waals surface area contributed by atoms with Gasteiger partial charge in [-0.2, -0.15) is 0 Å². The van der Waals surface area contributed by atoms with Crippen molar-refractivity contribution >= 4 is 52.7 Å². The monoisotopic (exact) mass is 906 g/mol. The van der Waals surface area contributed by atoms with Crippen LogP contribution in [0, 0.1) is 58.2 Å². The number of carboxylic acids is 2. The van der Waals surface area contributed by atoms with Crippen LogP contribution in [0.4, 0.5) is 0 Å². The third-order valence-corrected chi connectivity index (χ3v) is 17.0. The van der Waals surface area contributed by atoms with Crippen LogP contribution in [0.2, 0.25) is 10.0 Å². The highest BCUT2D eigenvalue weighted by atomic mass is 35.5. The number of esters is 2. The quantitative estimate of drug-likeness (QED) is 0.112. The molecular formula is C53H72Cl2O8. The summed E-state index contributed by atoms with van der Waals surface area (Å²) in [6.07, 6.45) is 20.7. The molecule has 10 heteroatoms. The Morgan fingerprint density at radius 2 is 1.30 bits per heavy atom. The highest BCUT2D eigenvalue weighted by Gasteiger charge is 2.60. The van der Waals surface area contributed by atoms with Gasteiger partial charge in [0.15, 0.2) is 11.5 Å². The van der Waals surface area contributed by atoms with Crippen molar-refractivity contribution in [3.05, 3.63) is 62.6 Å². The van der Waals surface area contributed by atoms with Crippen LogP contribution < -0.4 is 9.47 Å². The Balaban J connectivity index is 1.23. The van der Waals surface area contributed by atoms with E-state index in [1.807, 2.05) is 19.9 Å².